The molecule has 0 aliphatic heterocycles. The molecule has 4 aromatic rings. The summed E-state index contributed by atoms with van der Waals surface area (Å²) in [5.74, 6) is 0. The summed E-state index contributed by atoms with van der Waals surface area (Å²) in [5, 5.41) is 25.7. The Kier molecular flexibility index (Phi) is 6.91. The van der Waals surface area contributed by atoms with Crippen molar-refractivity contribution in [2.24, 2.45) is 5.41 Å². The van der Waals surface area contributed by atoms with Gasteiger partial charge in [-0.05, 0) is 48.4 Å². The molecule has 2 N–H and O–H groups in total. The van der Waals surface area contributed by atoms with Crippen LogP contribution in [0.2, 0.25) is 5.02 Å². The molecule has 1 fully saturated rings. The molecular weight excluding hydrogens is 539 g/mol. The smallest absolute Gasteiger partial charge is 0.383 e. The van der Waals surface area contributed by atoms with Crippen LogP contribution in [-0.2, 0) is 5.54 Å². The van der Waals surface area contributed by atoms with Gasteiger partial charge in [-0.2, -0.15) is 18.4 Å². The van der Waals surface area contributed by atoms with E-state index in [9.17, 15) is 18.4 Å². The predicted octanol–water partition coefficient (Wildman–Crippen LogP) is 7.37. The highest BCUT2D eigenvalue weighted by molar-refractivity contribution is 6.35. The lowest BCUT2D eigenvalue weighted by Crippen LogP contribution is -2.35. The number of anilines is 2. The molecular formula is C29H29ClF3N7. The van der Waals surface area contributed by atoms with Gasteiger partial charge < -0.3 is 10.6 Å². The van der Waals surface area contributed by atoms with Crippen molar-refractivity contribution in [1.82, 2.24) is 20.0 Å². The average Bonchev–Trinajstić information content (AvgIpc) is 3.57. The Labute approximate surface area is 235 Å². The topological polar surface area (TPSA) is 91.5 Å². The maximum atomic E-state index is 13.8. The van der Waals surface area contributed by atoms with Gasteiger partial charge in [-0.25, -0.2) is 4.68 Å². The van der Waals surface area contributed by atoms with E-state index in [-0.39, 0.29) is 18.3 Å². The van der Waals surface area contributed by atoms with Gasteiger partial charge >= 0.3 is 6.18 Å². The molecule has 0 radical (unpaired) electrons. The molecule has 0 spiro atoms. The fraction of sp³-hybridized carbons (Fsp3) is 0.379. The molecule has 2 aromatic carbocycles. The molecule has 1 aliphatic carbocycles. The zero-order valence-electron chi connectivity index (χ0n) is 22.6. The molecule has 1 atom stereocenters. The van der Waals surface area contributed by atoms with Crippen molar-refractivity contribution >= 4 is 33.9 Å². The van der Waals surface area contributed by atoms with Crippen LogP contribution in [0.1, 0.15) is 62.0 Å². The number of benzene rings is 2. The molecule has 0 bridgehead atoms. The molecule has 0 amide bonds. The van der Waals surface area contributed by atoms with Crippen molar-refractivity contribution in [2.45, 2.75) is 58.3 Å². The standard InChI is InChI=1S/C29H29ClF3N7/c1-17-7-5-6-8-20(17)26(23-15-40(39-38-23)28(9-10-28)29(31,32)33)37-19-11-21-24(36-16-27(2,3)4)18(13-34)14-35-25(21)22(30)12-19/h5-8,11-12,14-15,26,37H,9-10,16H2,1-4H3,(H,35,36)/t26-/m0/s1. The van der Waals surface area contributed by atoms with Crippen LogP contribution in [0.5, 0.6) is 0 Å². The molecule has 1 aliphatic rings. The number of aryl methyl sites for hydroxylation is 1. The lowest BCUT2D eigenvalue weighted by atomic mass is 9.96. The maximum Gasteiger partial charge on any atom is 0.413 e. The largest absolute Gasteiger partial charge is 0.413 e. The normalized spacial score (nSPS) is 15.5. The van der Waals surface area contributed by atoms with E-state index >= 15 is 0 Å². The van der Waals surface area contributed by atoms with Gasteiger partial charge in [0.15, 0.2) is 5.54 Å². The summed E-state index contributed by atoms with van der Waals surface area (Å²) in [4.78, 5) is 4.41. The second kappa shape index (κ2) is 9.97. The number of fused-ring (bicyclic) bond motifs is 1. The number of nitrogens with one attached hydrogen (secondary N) is 2. The Morgan fingerprint density at radius 3 is 2.52 bits per heavy atom. The van der Waals surface area contributed by atoms with E-state index in [1.54, 1.807) is 6.07 Å². The zero-order chi connectivity index (χ0) is 28.9. The number of nitriles is 1. The first kappa shape index (κ1) is 27.7. The van der Waals surface area contributed by atoms with Gasteiger partial charge in [0.05, 0.1) is 34.0 Å². The summed E-state index contributed by atoms with van der Waals surface area (Å²) in [6, 6.07) is 12.7. The van der Waals surface area contributed by atoms with Gasteiger partial charge in [0.2, 0.25) is 0 Å². The summed E-state index contributed by atoms with van der Waals surface area (Å²) >= 11 is 6.68. The van der Waals surface area contributed by atoms with Crippen molar-refractivity contribution in [1.29, 1.82) is 5.26 Å². The highest BCUT2D eigenvalue weighted by Crippen LogP contribution is 2.55. The minimum absolute atomic E-state index is 0.0272. The van der Waals surface area contributed by atoms with Crippen LogP contribution in [-0.4, -0.2) is 32.7 Å². The summed E-state index contributed by atoms with van der Waals surface area (Å²) < 4.78 is 42.3. The van der Waals surface area contributed by atoms with E-state index < -0.39 is 17.8 Å². The molecule has 0 saturated heterocycles. The Balaban J connectivity index is 1.60. The summed E-state index contributed by atoms with van der Waals surface area (Å²) in [5.41, 5.74) is 2.16. The van der Waals surface area contributed by atoms with E-state index in [4.69, 9.17) is 11.6 Å². The van der Waals surface area contributed by atoms with Crippen molar-refractivity contribution in [3.05, 3.63) is 76.2 Å². The van der Waals surface area contributed by atoms with E-state index in [0.29, 0.717) is 45.1 Å². The van der Waals surface area contributed by atoms with Gasteiger partial charge in [-0.15, -0.1) is 5.10 Å². The molecule has 7 nitrogen and oxygen atoms in total. The Morgan fingerprint density at radius 2 is 1.90 bits per heavy atom. The van der Waals surface area contributed by atoms with Crippen molar-refractivity contribution in [3.8, 4) is 6.07 Å². The van der Waals surface area contributed by atoms with Gasteiger partial charge in [-0.3, -0.25) is 4.98 Å². The first-order chi connectivity index (χ1) is 18.8. The third-order valence-electron chi connectivity index (χ3n) is 7.15. The SMILES string of the molecule is Cc1ccccc1[C@H](Nc1cc(Cl)c2ncc(C#N)c(NCC(C)(C)C)c2c1)c1cn(C2(C(F)(F)F)CC2)nn1. The van der Waals surface area contributed by atoms with Crippen LogP contribution < -0.4 is 10.6 Å². The number of halogens is 4. The van der Waals surface area contributed by atoms with Crippen LogP contribution in [0.3, 0.4) is 0 Å². The summed E-state index contributed by atoms with van der Waals surface area (Å²) in [6.45, 7) is 8.78. The number of aromatic nitrogens is 4. The van der Waals surface area contributed by atoms with Crippen LogP contribution in [0.4, 0.5) is 24.5 Å². The lowest BCUT2D eigenvalue weighted by Gasteiger charge is -2.23. The fourth-order valence-electron chi connectivity index (χ4n) is 4.74. The number of nitrogens with zero attached hydrogens (tertiary/aromatic N) is 5. The highest BCUT2D eigenvalue weighted by Gasteiger charge is 2.66. The third kappa shape index (κ3) is 5.18. The molecule has 2 aromatic heterocycles. The van der Waals surface area contributed by atoms with E-state index in [2.05, 4.69) is 52.8 Å². The van der Waals surface area contributed by atoms with Crippen LogP contribution in [0, 0.1) is 23.7 Å². The van der Waals surface area contributed by atoms with E-state index in [1.807, 2.05) is 37.3 Å². The molecule has 208 valence electrons. The number of alkyl halides is 3. The lowest BCUT2D eigenvalue weighted by molar-refractivity contribution is -0.182. The van der Waals surface area contributed by atoms with Crippen molar-refractivity contribution in [3.63, 3.8) is 0 Å². The molecule has 11 heteroatoms. The Hall–Kier alpha value is -3.84. The minimum Gasteiger partial charge on any atom is -0.383 e. The average molecular weight is 568 g/mol. The first-order valence-electron chi connectivity index (χ1n) is 12.9. The number of hydrogen-bond donors (Lipinski definition) is 2. The Morgan fingerprint density at radius 1 is 1.18 bits per heavy atom. The first-order valence-corrected chi connectivity index (χ1v) is 13.3. The van der Waals surface area contributed by atoms with Gasteiger partial charge in [-0.1, -0.05) is 61.9 Å². The molecule has 1 saturated carbocycles. The van der Waals surface area contributed by atoms with Crippen LogP contribution >= 0.6 is 11.6 Å². The number of pyridine rings is 1. The highest BCUT2D eigenvalue weighted by atomic mass is 35.5. The van der Waals surface area contributed by atoms with E-state index in [0.717, 1.165) is 15.8 Å². The van der Waals surface area contributed by atoms with Gasteiger partial charge in [0.1, 0.15) is 11.8 Å². The molecule has 5 rings (SSSR count). The zero-order valence-corrected chi connectivity index (χ0v) is 23.3. The number of rotatable bonds is 7. The summed E-state index contributed by atoms with van der Waals surface area (Å²) in [6.07, 6.45) is -1.60. The fourth-order valence-corrected chi connectivity index (χ4v) is 5.01. The minimum atomic E-state index is -4.42. The molecule has 40 heavy (non-hydrogen) atoms. The van der Waals surface area contributed by atoms with Crippen molar-refractivity contribution < 1.29 is 13.2 Å². The van der Waals surface area contributed by atoms with Crippen LogP contribution in [0.15, 0.2) is 48.8 Å². The van der Waals surface area contributed by atoms with Crippen LogP contribution in [0.25, 0.3) is 10.9 Å². The Bertz CT molecular complexity index is 1610. The second-order valence-corrected chi connectivity index (χ2v) is 11.9. The second-order valence-electron chi connectivity index (χ2n) is 11.5. The summed E-state index contributed by atoms with van der Waals surface area (Å²) in [7, 11) is 0. The van der Waals surface area contributed by atoms with Gasteiger partial charge in [0.25, 0.3) is 0 Å². The molecule has 0 unspecified atom stereocenters. The van der Waals surface area contributed by atoms with Crippen molar-refractivity contribution in [2.75, 3.05) is 17.2 Å². The number of hydrogen-bond acceptors (Lipinski definition) is 6. The maximum absolute atomic E-state index is 13.8. The quantitative estimate of drug-likeness (QED) is 0.242. The third-order valence-corrected chi connectivity index (χ3v) is 7.44. The van der Waals surface area contributed by atoms with Gasteiger partial charge in [0, 0.05) is 23.8 Å². The van der Waals surface area contributed by atoms with E-state index in [1.165, 1.54) is 12.4 Å². The molecule has 2 heterocycles. The predicted molar refractivity (Wildman–Crippen MR) is 149 cm³/mol. The monoisotopic (exact) mass is 567 g/mol.